The monoisotopic (exact) mass is 287 g/mol. The first-order chi connectivity index (χ1) is 9.35. The Hall–Kier alpha value is -1.34. The van der Waals surface area contributed by atoms with E-state index in [0.717, 1.165) is 0 Å². The van der Waals surface area contributed by atoms with Gasteiger partial charge in [0.1, 0.15) is 6.04 Å². The van der Waals surface area contributed by atoms with E-state index in [4.69, 9.17) is 5.11 Å². The summed E-state index contributed by atoms with van der Waals surface area (Å²) in [6, 6.07) is -1.37. The summed E-state index contributed by atoms with van der Waals surface area (Å²) < 4.78 is 0. The molecule has 7 heteroatoms. The van der Waals surface area contributed by atoms with E-state index in [-0.39, 0.29) is 12.6 Å². The van der Waals surface area contributed by atoms with Crippen molar-refractivity contribution in [3.05, 3.63) is 0 Å². The molecule has 3 N–H and O–H groups in total. The van der Waals surface area contributed by atoms with Crippen LogP contribution in [-0.2, 0) is 4.79 Å². The van der Waals surface area contributed by atoms with Crippen LogP contribution in [0.1, 0.15) is 26.2 Å². The zero-order chi connectivity index (χ0) is 15.3. The molecule has 1 rings (SSSR count). The zero-order valence-electron chi connectivity index (χ0n) is 12.4. The Morgan fingerprint density at radius 1 is 1.45 bits per heavy atom. The number of aliphatic carboxylic acids is 1. The molecular weight excluding hydrogens is 262 g/mol. The molecule has 1 aliphatic rings. The van der Waals surface area contributed by atoms with E-state index >= 15 is 0 Å². The molecule has 0 saturated carbocycles. The maximum Gasteiger partial charge on any atom is 0.326 e. The number of hydrogen-bond acceptors (Lipinski definition) is 4. The van der Waals surface area contributed by atoms with Gasteiger partial charge in [-0.25, -0.2) is 9.59 Å². The zero-order valence-corrected chi connectivity index (χ0v) is 12.4. The minimum Gasteiger partial charge on any atom is -0.480 e. The topological polar surface area (TPSA) is 93.1 Å². The fourth-order valence-corrected chi connectivity index (χ4v) is 2.51. The molecule has 0 radical (unpaired) electrons. The highest BCUT2D eigenvalue weighted by atomic mass is 16.4. The number of urea groups is 1. The van der Waals surface area contributed by atoms with E-state index in [0.29, 0.717) is 25.8 Å². The van der Waals surface area contributed by atoms with Crippen LogP contribution < -0.4 is 5.32 Å². The maximum atomic E-state index is 12.2. The van der Waals surface area contributed by atoms with Crippen molar-refractivity contribution < 1.29 is 19.8 Å². The quantitative estimate of drug-likeness (QED) is 0.637. The minimum atomic E-state index is -1.02. The second kappa shape index (κ2) is 7.44. The van der Waals surface area contributed by atoms with Crippen LogP contribution >= 0.6 is 0 Å². The molecule has 0 aromatic rings. The summed E-state index contributed by atoms with van der Waals surface area (Å²) in [7, 11) is 3.80. The van der Waals surface area contributed by atoms with Crippen LogP contribution in [0, 0.1) is 0 Å². The molecule has 3 atom stereocenters. The summed E-state index contributed by atoms with van der Waals surface area (Å²) in [5.41, 5.74) is 0. The van der Waals surface area contributed by atoms with E-state index in [1.165, 1.54) is 4.90 Å². The predicted octanol–water partition coefficient (Wildman–Crippen LogP) is -0.0539. The van der Waals surface area contributed by atoms with Crippen LogP contribution in [0.2, 0.25) is 0 Å². The number of aliphatic hydroxyl groups excluding tert-OH is 1. The Morgan fingerprint density at radius 2 is 2.10 bits per heavy atom. The third-order valence-electron chi connectivity index (χ3n) is 3.40. The number of carbonyl (C=O) groups is 2. The molecule has 0 aliphatic carbocycles. The van der Waals surface area contributed by atoms with Gasteiger partial charge in [0.2, 0.25) is 0 Å². The van der Waals surface area contributed by atoms with Crippen molar-refractivity contribution in [2.45, 2.75) is 44.4 Å². The Balaban J connectivity index is 2.66. The Morgan fingerprint density at radius 3 is 2.60 bits per heavy atom. The molecule has 1 fully saturated rings. The van der Waals surface area contributed by atoms with Gasteiger partial charge >= 0.3 is 12.0 Å². The van der Waals surface area contributed by atoms with Crippen LogP contribution in [0.5, 0.6) is 0 Å². The smallest absolute Gasteiger partial charge is 0.326 e. The van der Waals surface area contributed by atoms with Gasteiger partial charge in [-0.1, -0.05) is 13.3 Å². The van der Waals surface area contributed by atoms with E-state index in [2.05, 4.69) is 5.32 Å². The second-order valence-corrected chi connectivity index (χ2v) is 5.59. The van der Waals surface area contributed by atoms with Crippen LogP contribution in [0.3, 0.4) is 0 Å². The second-order valence-electron chi connectivity index (χ2n) is 5.59. The highest BCUT2D eigenvalue weighted by molar-refractivity contribution is 5.82. The van der Waals surface area contributed by atoms with Gasteiger partial charge < -0.3 is 25.3 Å². The lowest BCUT2D eigenvalue weighted by atomic mass is 10.1. The molecule has 1 heterocycles. The SMILES string of the molecule is CCC[C@@H](NC(=O)N1CC(O)CC1CN(C)C)C(=O)O. The van der Waals surface area contributed by atoms with Gasteiger partial charge in [0.15, 0.2) is 0 Å². The number of carboxylic acid groups (broad SMARTS) is 1. The average molecular weight is 287 g/mol. The van der Waals surface area contributed by atoms with Crippen LogP contribution in [0.4, 0.5) is 4.79 Å². The predicted molar refractivity (Wildman–Crippen MR) is 74.5 cm³/mol. The lowest BCUT2D eigenvalue weighted by Crippen LogP contribution is -2.51. The van der Waals surface area contributed by atoms with E-state index in [1.54, 1.807) is 0 Å². The molecule has 2 unspecified atom stereocenters. The first-order valence-corrected chi connectivity index (χ1v) is 6.97. The summed E-state index contributed by atoms with van der Waals surface area (Å²) in [5, 5.41) is 21.3. The van der Waals surface area contributed by atoms with Gasteiger partial charge in [-0.05, 0) is 26.9 Å². The fourth-order valence-electron chi connectivity index (χ4n) is 2.51. The van der Waals surface area contributed by atoms with Crippen molar-refractivity contribution in [2.24, 2.45) is 0 Å². The Bertz CT molecular complexity index is 349. The number of likely N-dealkylation sites (tertiary alicyclic amines) is 1. The van der Waals surface area contributed by atoms with Gasteiger partial charge in [0.25, 0.3) is 0 Å². The van der Waals surface area contributed by atoms with Gasteiger partial charge in [-0.15, -0.1) is 0 Å². The van der Waals surface area contributed by atoms with Gasteiger partial charge in [-0.2, -0.15) is 0 Å². The highest BCUT2D eigenvalue weighted by Crippen LogP contribution is 2.18. The lowest BCUT2D eigenvalue weighted by molar-refractivity contribution is -0.139. The molecule has 1 aliphatic heterocycles. The Labute approximate surface area is 119 Å². The molecule has 0 spiro atoms. The van der Waals surface area contributed by atoms with Crippen LogP contribution in [0.25, 0.3) is 0 Å². The first-order valence-electron chi connectivity index (χ1n) is 6.97. The molecule has 20 heavy (non-hydrogen) atoms. The number of nitrogens with one attached hydrogen (secondary N) is 1. The molecule has 7 nitrogen and oxygen atoms in total. The standard InChI is InChI=1S/C13H25N3O4/c1-4-5-11(12(18)19)14-13(20)16-8-10(17)6-9(16)7-15(2)3/h9-11,17H,4-8H2,1-3H3,(H,14,20)(H,18,19)/t9?,10?,11-/m1/s1. The third-order valence-corrected chi connectivity index (χ3v) is 3.40. The highest BCUT2D eigenvalue weighted by Gasteiger charge is 2.35. The summed E-state index contributed by atoms with van der Waals surface area (Å²) >= 11 is 0. The van der Waals surface area contributed by atoms with E-state index < -0.39 is 24.1 Å². The van der Waals surface area contributed by atoms with Gasteiger partial charge in [-0.3, -0.25) is 0 Å². The molecule has 0 aromatic heterocycles. The van der Waals surface area contributed by atoms with Gasteiger partial charge in [0, 0.05) is 19.1 Å². The number of nitrogens with zero attached hydrogens (tertiary/aromatic N) is 2. The van der Waals surface area contributed by atoms with Crippen molar-refractivity contribution >= 4 is 12.0 Å². The third kappa shape index (κ3) is 4.64. The Kier molecular flexibility index (Phi) is 6.22. The first kappa shape index (κ1) is 16.7. The molecule has 116 valence electrons. The molecule has 0 aromatic carbocycles. The van der Waals surface area contributed by atoms with Crippen LogP contribution in [-0.4, -0.2) is 77.4 Å². The summed E-state index contributed by atoms with van der Waals surface area (Å²) in [5.74, 6) is -1.02. The summed E-state index contributed by atoms with van der Waals surface area (Å²) in [6.45, 7) is 2.77. The fraction of sp³-hybridized carbons (Fsp3) is 0.846. The number of likely N-dealkylation sites (N-methyl/N-ethyl adjacent to an activating group) is 1. The minimum absolute atomic E-state index is 0.0870. The molecule has 1 saturated heterocycles. The lowest BCUT2D eigenvalue weighted by Gasteiger charge is -2.28. The van der Waals surface area contributed by atoms with Crippen LogP contribution in [0.15, 0.2) is 0 Å². The van der Waals surface area contributed by atoms with Crippen molar-refractivity contribution in [2.75, 3.05) is 27.2 Å². The normalized spacial score (nSPS) is 23.9. The largest absolute Gasteiger partial charge is 0.480 e. The molecule has 2 amide bonds. The maximum absolute atomic E-state index is 12.2. The number of hydrogen-bond donors (Lipinski definition) is 3. The number of amides is 2. The van der Waals surface area contributed by atoms with Crippen molar-refractivity contribution in [1.29, 1.82) is 0 Å². The number of rotatable bonds is 6. The molecular formula is C13H25N3O4. The number of β-amino-alcohol motifs (C(OH)–C–C–N with tert-alkyl or cyclic N) is 1. The van der Waals surface area contributed by atoms with Gasteiger partial charge in [0.05, 0.1) is 6.10 Å². The van der Waals surface area contributed by atoms with Crippen molar-refractivity contribution in [3.63, 3.8) is 0 Å². The van der Waals surface area contributed by atoms with Crippen molar-refractivity contribution in [1.82, 2.24) is 15.1 Å². The van der Waals surface area contributed by atoms with Crippen molar-refractivity contribution in [3.8, 4) is 0 Å². The van der Waals surface area contributed by atoms with E-state index in [9.17, 15) is 14.7 Å². The summed E-state index contributed by atoms with van der Waals surface area (Å²) in [6.07, 6.45) is 1.06. The summed E-state index contributed by atoms with van der Waals surface area (Å²) in [4.78, 5) is 26.8. The number of carbonyl (C=O) groups excluding carboxylic acids is 1. The van der Waals surface area contributed by atoms with E-state index in [1.807, 2.05) is 25.9 Å². The molecule has 0 bridgehead atoms. The average Bonchev–Trinajstić information content (AvgIpc) is 2.68. The number of aliphatic hydroxyl groups is 1. The number of carboxylic acids is 1.